The van der Waals surface area contributed by atoms with Gasteiger partial charge in [0.05, 0.1) is 0 Å². The third-order valence-electron chi connectivity index (χ3n) is 1.29. The Labute approximate surface area is 88.2 Å². The maximum atomic E-state index is 11.7. The highest BCUT2D eigenvalue weighted by molar-refractivity contribution is 7.13. The first-order valence-corrected chi connectivity index (χ1v) is 4.73. The monoisotopic (exact) mass is 233 g/mol. The van der Waals surface area contributed by atoms with Crippen molar-refractivity contribution >= 4 is 28.1 Å². The molecule has 82 valence electrons. The summed E-state index contributed by atoms with van der Waals surface area (Å²) in [4.78, 5) is 18.9. The second-order valence-corrected chi connectivity index (χ2v) is 3.23. The zero-order valence-corrected chi connectivity index (χ0v) is 8.33. The fourth-order valence-corrected chi connectivity index (χ4v) is 1.28. The topological polar surface area (TPSA) is 97.8 Å². The molecule has 0 amide bonds. The molecule has 0 radical (unpaired) electrons. The van der Waals surface area contributed by atoms with E-state index in [1.807, 2.05) is 0 Å². The average Bonchev–Trinajstić information content (AvgIpc) is 2.59. The van der Waals surface area contributed by atoms with Crippen molar-refractivity contribution in [3.8, 4) is 0 Å². The van der Waals surface area contributed by atoms with Crippen molar-refractivity contribution in [2.75, 3.05) is 19.0 Å². The number of halogens is 1. The van der Waals surface area contributed by atoms with E-state index in [-0.39, 0.29) is 17.4 Å². The summed E-state index contributed by atoms with van der Waals surface area (Å²) in [7, 11) is 0. The molecule has 0 unspecified atom stereocenters. The number of rotatable bonds is 5. The molecule has 0 aliphatic rings. The summed E-state index contributed by atoms with van der Waals surface area (Å²) in [5.41, 5.74) is 5.04. The van der Waals surface area contributed by atoms with Crippen molar-refractivity contribution in [2.24, 2.45) is 5.16 Å². The summed E-state index contributed by atoms with van der Waals surface area (Å²) in [5.74, 6) is -1.31. The van der Waals surface area contributed by atoms with Gasteiger partial charge in [0.25, 0.3) is 0 Å². The maximum Gasteiger partial charge on any atom is 0.360 e. The average molecular weight is 233 g/mol. The highest BCUT2D eigenvalue weighted by atomic mass is 32.1. The van der Waals surface area contributed by atoms with E-state index in [0.29, 0.717) is 0 Å². The van der Waals surface area contributed by atoms with Crippen LogP contribution < -0.4 is 5.73 Å². The molecule has 0 saturated carbocycles. The number of hydrogen-bond donors (Lipinski definition) is 2. The maximum absolute atomic E-state index is 11.7. The first kappa shape index (κ1) is 11.4. The number of aromatic nitrogens is 1. The molecule has 1 heterocycles. The van der Waals surface area contributed by atoms with Crippen LogP contribution in [0.3, 0.4) is 0 Å². The van der Waals surface area contributed by atoms with Gasteiger partial charge in [0.1, 0.15) is 19.0 Å². The second kappa shape index (κ2) is 5.25. The first-order chi connectivity index (χ1) is 7.15. The molecule has 0 aliphatic carbocycles. The van der Waals surface area contributed by atoms with Gasteiger partial charge in [-0.2, -0.15) is 0 Å². The number of anilines is 1. The van der Waals surface area contributed by atoms with E-state index in [1.165, 1.54) is 5.38 Å². The van der Waals surface area contributed by atoms with Crippen molar-refractivity contribution in [1.29, 1.82) is 0 Å². The van der Waals surface area contributed by atoms with Crippen LogP contribution in [0, 0.1) is 0 Å². The molecule has 0 aliphatic heterocycles. The van der Waals surface area contributed by atoms with E-state index >= 15 is 0 Å². The van der Waals surface area contributed by atoms with Gasteiger partial charge in [0.2, 0.25) is 5.71 Å². The molecule has 0 aromatic carbocycles. The molecule has 0 atom stereocenters. The van der Waals surface area contributed by atoms with Crippen LogP contribution in [0.15, 0.2) is 10.5 Å². The lowest BCUT2D eigenvalue weighted by Crippen LogP contribution is -2.16. The number of carbonyl (C=O) groups is 1. The number of carboxylic acids is 1. The van der Waals surface area contributed by atoms with Crippen LogP contribution in [0.2, 0.25) is 0 Å². The number of oxime groups is 1. The number of carboxylic acid groups (broad SMARTS) is 1. The SMILES string of the molecule is Nc1nc(C(=NOCCF)C(=O)O)cs1. The van der Waals surface area contributed by atoms with E-state index in [2.05, 4.69) is 15.0 Å². The molecular formula is C7H8FN3O3S. The lowest BCUT2D eigenvalue weighted by Gasteiger charge is -1.97. The van der Waals surface area contributed by atoms with Gasteiger partial charge >= 0.3 is 5.97 Å². The van der Waals surface area contributed by atoms with Crippen LogP contribution in [-0.4, -0.2) is 35.1 Å². The standard InChI is InChI=1S/C7H8FN3O3S/c8-1-2-14-11-5(6(12)13)4-3-15-7(9)10-4/h3H,1-2H2,(H2,9,10)(H,12,13). The molecule has 6 nitrogen and oxygen atoms in total. The zero-order chi connectivity index (χ0) is 11.3. The number of hydrogen-bond acceptors (Lipinski definition) is 6. The Morgan fingerprint density at radius 3 is 3.00 bits per heavy atom. The number of aliphatic carboxylic acids is 1. The zero-order valence-electron chi connectivity index (χ0n) is 7.51. The smallest absolute Gasteiger partial charge is 0.360 e. The third kappa shape index (κ3) is 3.17. The van der Waals surface area contributed by atoms with Gasteiger partial charge in [-0.25, -0.2) is 14.2 Å². The lowest BCUT2D eigenvalue weighted by molar-refractivity contribution is -0.129. The van der Waals surface area contributed by atoms with Crippen molar-refractivity contribution in [3.63, 3.8) is 0 Å². The Morgan fingerprint density at radius 1 is 1.80 bits per heavy atom. The fourth-order valence-electron chi connectivity index (χ4n) is 0.736. The van der Waals surface area contributed by atoms with E-state index in [1.54, 1.807) is 0 Å². The Hall–Kier alpha value is -1.70. The molecule has 8 heteroatoms. The minimum absolute atomic E-state index is 0.101. The summed E-state index contributed by atoms with van der Waals surface area (Å²) in [6.07, 6.45) is 0. The Bertz CT molecular complexity index is 379. The Morgan fingerprint density at radius 2 is 2.53 bits per heavy atom. The largest absolute Gasteiger partial charge is 0.476 e. The molecule has 1 aromatic heterocycles. The summed E-state index contributed by atoms with van der Waals surface area (Å²) in [6, 6.07) is 0. The fraction of sp³-hybridized carbons (Fsp3) is 0.286. The predicted molar refractivity (Wildman–Crippen MR) is 52.6 cm³/mol. The quantitative estimate of drug-likeness (QED) is 0.438. The van der Waals surface area contributed by atoms with Gasteiger partial charge in [-0.05, 0) is 0 Å². The number of thiazole rings is 1. The Kier molecular flexibility index (Phi) is 3.98. The first-order valence-electron chi connectivity index (χ1n) is 3.85. The van der Waals surface area contributed by atoms with Crippen LogP contribution in [0.1, 0.15) is 5.69 Å². The predicted octanol–water partition coefficient (Wildman–Crippen LogP) is 0.500. The van der Waals surface area contributed by atoms with Gasteiger partial charge < -0.3 is 15.7 Å². The lowest BCUT2D eigenvalue weighted by atomic mass is 10.3. The van der Waals surface area contributed by atoms with Gasteiger partial charge in [-0.15, -0.1) is 11.3 Å². The second-order valence-electron chi connectivity index (χ2n) is 2.34. The van der Waals surface area contributed by atoms with Gasteiger partial charge in [-0.1, -0.05) is 5.16 Å². The Balaban J connectivity index is 2.83. The van der Waals surface area contributed by atoms with Gasteiger partial charge in [-0.3, -0.25) is 0 Å². The number of nitrogens with two attached hydrogens (primary N) is 1. The summed E-state index contributed by atoms with van der Waals surface area (Å²) in [5, 5.41) is 13.7. The van der Waals surface area contributed by atoms with Crippen molar-refractivity contribution in [3.05, 3.63) is 11.1 Å². The molecule has 3 N–H and O–H groups in total. The van der Waals surface area contributed by atoms with Crippen LogP contribution in [0.5, 0.6) is 0 Å². The van der Waals surface area contributed by atoms with Crippen LogP contribution in [0.4, 0.5) is 9.52 Å². The molecule has 0 fully saturated rings. The number of alkyl halides is 1. The van der Waals surface area contributed by atoms with Gasteiger partial charge in [0.15, 0.2) is 5.13 Å². The molecule has 1 rings (SSSR count). The normalized spacial score (nSPS) is 11.4. The van der Waals surface area contributed by atoms with E-state index < -0.39 is 18.4 Å². The van der Waals surface area contributed by atoms with E-state index in [0.717, 1.165) is 11.3 Å². The minimum atomic E-state index is -1.31. The number of nitrogens with zero attached hydrogens (tertiary/aromatic N) is 2. The molecule has 0 bridgehead atoms. The van der Waals surface area contributed by atoms with Crippen LogP contribution in [-0.2, 0) is 9.63 Å². The molecule has 0 spiro atoms. The summed E-state index contributed by atoms with van der Waals surface area (Å²) in [6.45, 7) is -1.04. The molecular weight excluding hydrogens is 225 g/mol. The van der Waals surface area contributed by atoms with Crippen LogP contribution in [0.25, 0.3) is 0 Å². The van der Waals surface area contributed by atoms with Crippen molar-refractivity contribution in [2.45, 2.75) is 0 Å². The molecule has 1 aromatic rings. The summed E-state index contributed by atoms with van der Waals surface area (Å²) < 4.78 is 11.7. The van der Waals surface area contributed by atoms with Gasteiger partial charge in [0, 0.05) is 5.38 Å². The van der Waals surface area contributed by atoms with E-state index in [9.17, 15) is 9.18 Å². The van der Waals surface area contributed by atoms with E-state index in [4.69, 9.17) is 10.8 Å². The van der Waals surface area contributed by atoms with Crippen LogP contribution >= 0.6 is 11.3 Å². The third-order valence-corrected chi connectivity index (χ3v) is 1.97. The highest BCUT2D eigenvalue weighted by Gasteiger charge is 2.16. The van der Waals surface area contributed by atoms with Crippen molar-refractivity contribution < 1.29 is 19.1 Å². The molecule has 15 heavy (non-hydrogen) atoms. The number of nitrogen functional groups attached to an aromatic ring is 1. The minimum Gasteiger partial charge on any atom is -0.476 e. The highest BCUT2D eigenvalue weighted by Crippen LogP contribution is 2.12. The van der Waals surface area contributed by atoms with Crippen molar-refractivity contribution in [1.82, 2.24) is 4.98 Å². The summed E-state index contributed by atoms with van der Waals surface area (Å²) >= 11 is 1.08. The molecule has 0 saturated heterocycles.